The summed E-state index contributed by atoms with van der Waals surface area (Å²) in [5, 5.41) is 8.69. The van der Waals surface area contributed by atoms with Crippen molar-refractivity contribution in [3.8, 4) is 5.75 Å². The molecule has 30 heavy (non-hydrogen) atoms. The maximum atomic E-state index is 13.0. The SMILES string of the molecule is Cl.NCCOc1ccc(NC(=O)C2(NC(=O)NCc3ccccc3)CCCC2)cc1. The van der Waals surface area contributed by atoms with Crippen molar-refractivity contribution in [3.63, 3.8) is 0 Å². The zero-order chi connectivity index (χ0) is 20.5. The standard InChI is InChI=1S/C22H28N4O3.ClH/c23-14-15-29-19-10-8-18(9-11-19)25-20(27)22(12-4-5-13-22)26-21(28)24-16-17-6-2-1-3-7-17;/h1-3,6-11H,4-5,12-16,23H2,(H,25,27)(H2,24,26,28);1H. The fourth-order valence-corrected chi connectivity index (χ4v) is 3.49. The number of hydrogen-bond acceptors (Lipinski definition) is 4. The molecule has 0 unspecified atom stereocenters. The molecule has 1 aliphatic rings. The third kappa shape index (κ3) is 6.37. The first-order valence-electron chi connectivity index (χ1n) is 9.96. The van der Waals surface area contributed by atoms with Crippen molar-refractivity contribution in [1.82, 2.24) is 10.6 Å². The molecule has 0 bridgehead atoms. The molecule has 1 aliphatic carbocycles. The van der Waals surface area contributed by atoms with Crippen molar-refractivity contribution in [2.45, 2.75) is 37.8 Å². The predicted molar refractivity (Wildman–Crippen MR) is 120 cm³/mol. The summed E-state index contributed by atoms with van der Waals surface area (Å²) >= 11 is 0. The summed E-state index contributed by atoms with van der Waals surface area (Å²) in [6.07, 6.45) is 3.04. The predicted octanol–water partition coefficient (Wildman–Crippen LogP) is 3.20. The molecular formula is C22H29ClN4O3. The average molecular weight is 433 g/mol. The summed E-state index contributed by atoms with van der Waals surface area (Å²) in [5.41, 5.74) is 6.20. The van der Waals surface area contributed by atoms with Crippen LogP contribution in [0.1, 0.15) is 31.2 Å². The monoisotopic (exact) mass is 432 g/mol. The average Bonchev–Trinajstić information content (AvgIpc) is 3.22. The number of anilines is 1. The lowest BCUT2D eigenvalue weighted by Gasteiger charge is -2.29. The van der Waals surface area contributed by atoms with E-state index in [2.05, 4.69) is 16.0 Å². The molecule has 0 aromatic heterocycles. The van der Waals surface area contributed by atoms with E-state index in [4.69, 9.17) is 10.5 Å². The van der Waals surface area contributed by atoms with Crippen LogP contribution in [0.25, 0.3) is 0 Å². The fourth-order valence-electron chi connectivity index (χ4n) is 3.49. The van der Waals surface area contributed by atoms with Gasteiger partial charge < -0.3 is 26.4 Å². The zero-order valence-corrected chi connectivity index (χ0v) is 17.7. The lowest BCUT2D eigenvalue weighted by Crippen LogP contribution is -2.57. The Morgan fingerprint density at radius 1 is 1.00 bits per heavy atom. The number of benzene rings is 2. The molecule has 3 rings (SSSR count). The normalized spacial score (nSPS) is 14.3. The Balaban J connectivity index is 0.00000320. The van der Waals surface area contributed by atoms with Crippen molar-refractivity contribution < 1.29 is 14.3 Å². The molecule has 2 aromatic carbocycles. The van der Waals surface area contributed by atoms with Crippen LogP contribution in [-0.2, 0) is 11.3 Å². The molecule has 0 atom stereocenters. The molecule has 0 radical (unpaired) electrons. The molecule has 5 N–H and O–H groups in total. The highest BCUT2D eigenvalue weighted by Crippen LogP contribution is 2.31. The van der Waals surface area contributed by atoms with E-state index in [1.807, 2.05) is 30.3 Å². The lowest BCUT2D eigenvalue weighted by atomic mass is 9.96. The minimum atomic E-state index is -0.893. The Morgan fingerprint density at radius 3 is 2.30 bits per heavy atom. The largest absolute Gasteiger partial charge is 0.492 e. The Bertz CT molecular complexity index is 809. The Hall–Kier alpha value is -2.77. The highest BCUT2D eigenvalue weighted by Gasteiger charge is 2.42. The molecule has 0 aliphatic heterocycles. The number of halogens is 1. The maximum absolute atomic E-state index is 13.0. The Morgan fingerprint density at radius 2 is 1.67 bits per heavy atom. The van der Waals surface area contributed by atoms with E-state index in [1.165, 1.54) is 0 Å². The van der Waals surface area contributed by atoms with Crippen LogP contribution in [0.2, 0.25) is 0 Å². The van der Waals surface area contributed by atoms with Gasteiger partial charge in [-0.3, -0.25) is 4.79 Å². The minimum Gasteiger partial charge on any atom is -0.492 e. The molecule has 8 heteroatoms. The van der Waals surface area contributed by atoms with Crippen LogP contribution in [0.15, 0.2) is 54.6 Å². The molecule has 7 nitrogen and oxygen atoms in total. The molecule has 3 amide bonds. The number of carbonyl (C=O) groups is 2. The molecule has 0 heterocycles. The highest BCUT2D eigenvalue weighted by molar-refractivity contribution is 6.00. The zero-order valence-electron chi connectivity index (χ0n) is 16.9. The molecule has 162 valence electrons. The van der Waals surface area contributed by atoms with Crippen molar-refractivity contribution >= 4 is 30.0 Å². The van der Waals surface area contributed by atoms with Crippen LogP contribution >= 0.6 is 12.4 Å². The minimum absolute atomic E-state index is 0. The third-order valence-electron chi connectivity index (χ3n) is 5.04. The van der Waals surface area contributed by atoms with Crippen molar-refractivity contribution in [1.29, 1.82) is 0 Å². The van der Waals surface area contributed by atoms with Crippen molar-refractivity contribution in [3.05, 3.63) is 60.2 Å². The number of ether oxygens (including phenoxy) is 1. The van der Waals surface area contributed by atoms with E-state index in [0.717, 1.165) is 18.4 Å². The maximum Gasteiger partial charge on any atom is 0.315 e. The van der Waals surface area contributed by atoms with Crippen molar-refractivity contribution in [2.24, 2.45) is 5.73 Å². The van der Waals surface area contributed by atoms with E-state index in [0.29, 0.717) is 44.0 Å². The van der Waals surface area contributed by atoms with Gasteiger partial charge in [0.25, 0.3) is 0 Å². The van der Waals surface area contributed by atoms with Crippen LogP contribution in [0, 0.1) is 0 Å². The van der Waals surface area contributed by atoms with Gasteiger partial charge in [-0.15, -0.1) is 12.4 Å². The Kier molecular flexibility index (Phi) is 8.95. The second-order valence-corrected chi connectivity index (χ2v) is 7.20. The van der Waals surface area contributed by atoms with E-state index in [1.54, 1.807) is 24.3 Å². The Labute approximate surface area is 183 Å². The summed E-state index contributed by atoms with van der Waals surface area (Å²) in [6.45, 7) is 1.30. The fraction of sp³-hybridized carbons (Fsp3) is 0.364. The van der Waals surface area contributed by atoms with Crippen LogP contribution in [0.3, 0.4) is 0 Å². The second-order valence-electron chi connectivity index (χ2n) is 7.20. The molecule has 1 fully saturated rings. The number of nitrogens with one attached hydrogen (secondary N) is 3. The van der Waals surface area contributed by atoms with E-state index in [-0.39, 0.29) is 24.3 Å². The molecular weight excluding hydrogens is 404 g/mol. The molecule has 2 aromatic rings. The first-order chi connectivity index (χ1) is 14.1. The van der Waals surface area contributed by atoms with E-state index >= 15 is 0 Å². The number of urea groups is 1. The third-order valence-corrected chi connectivity index (χ3v) is 5.04. The van der Waals surface area contributed by atoms with Gasteiger partial charge in [0.05, 0.1) is 0 Å². The van der Waals surface area contributed by atoms with Crippen LogP contribution < -0.4 is 26.4 Å². The number of nitrogens with two attached hydrogens (primary N) is 1. The number of carbonyl (C=O) groups excluding carboxylic acids is 2. The van der Waals surface area contributed by atoms with Gasteiger partial charge >= 0.3 is 6.03 Å². The first kappa shape index (κ1) is 23.5. The van der Waals surface area contributed by atoms with Gasteiger partial charge in [-0.2, -0.15) is 0 Å². The molecule has 0 saturated heterocycles. The topological polar surface area (TPSA) is 105 Å². The second kappa shape index (κ2) is 11.4. The summed E-state index contributed by atoms with van der Waals surface area (Å²) in [7, 11) is 0. The van der Waals surface area contributed by atoms with Crippen LogP contribution in [0.4, 0.5) is 10.5 Å². The van der Waals surface area contributed by atoms with Gasteiger partial charge in [0.2, 0.25) is 5.91 Å². The van der Waals surface area contributed by atoms with Gasteiger partial charge in [0.15, 0.2) is 0 Å². The summed E-state index contributed by atoms with van der Waals surface area (Å²) in [6, 6.07) is 16.5. The molecule has 1 saturated carbocycles. The number of rotatable bonds is 8. The van der Waals surface area contributed by atoms with Gasteiger partial charge in [-0.05, 0) is 42.7 Å². The summed E-state index contributed by atoms with van der Waals surface area (Å²) in [5.74, 6) is 0.503. The van der Waals surface area contributed by atoms with E-state index in [9.17, 15) is 9.59 Å². The van der Waals surface area contributed by atoms with Gasteiger partial charge in [0, 0.05) is 18.8 Å². The molecule has 0 spiro atoms. The highest BCUT2D eigenvalue weighted by atomic mass is 35.5. The smallest absolute Gasteiger partial charge is 0.315 e. The van der Waals surface area contributed by atoms with Gasteiger partial charge in [0.1, 0.15) is 17.9 Å². The lowest BCUT2D eigenvalue weighted by molar-refractivity contribution is -0.121. The van der Waals surface area contributed by atoms with Gasteiger partial charge in [-0.1, -0.05) is 43.2 Å². The van der Waals surface area contributed by atoms with Crippen LogP contribution in [-0.4, -0.2) is 30.6 Å². The van der Waals surface area contributed by atoms with Crippen LogP contribution in [0.5, 0.6) is 5.75 Å². The summed E-state index contributed by atoms with van der Waals surface area (Å²) < 4.78 is 5.45. The quantitative estimate of drug-likeness (QED) is 0.514. The number of amides is 3. The van der Waals surface area contributed by atoms with Crippen molar-refractivity contribution in [2.75, 3.05) is 18.5 Å². The van der Waals surface area contributed by atoms with E-state index < -0.39 is 5.54 Å². The van der Waals surface area contributed by atoms with Gasteiger partial charge in [-0.25, -0.2) is 4.79 Å². The summed E-state index contributed by atoms with van der Waals surface area (Å²) in [4.78, 5) is 25.5. The number of hydrogen-bond donors (Lipinski definition) is 4. The first-order valence-corrected chi connectivity index (χ1v) is 9.96.